The van der Waals surface area contributed by atoms with Crippen molar-refractivity contribution in [2.24, 2.45) is 0 Å². The fraction of sp³-hybridized carbons (Fsp3) is 0.375. The van der Waals surface area contributed by atoms with Crippen molar-refractivity contribution in [2.75, 3.05) is 0 Å². The summed E-state index contributed by atoms with van der Waals surface area (Å²) < 4.78 is 2.02. The molecule has 0 spiro atoms. The number of amides is 1. The van der Waals surface area contributed by atoms with Gasteiger partial charge in [0.1, 0.15) is 5.54 Å². The highest BCUT2D eigenvalue weighted by molar-refractivity contribution is 8.00. The van der Waals surface area contributed by atoms with E-state index >= 15 is 0 Å². The zero-order valence-electron chi connectivity index (χ0n) is 18.1. The number of hydrogen-bond donors (Lipinski definition) is 1. The van der Waals surface area contributed by atoms with Crippen molar-refractivity contribution >= 4 is 17.7 Å². The minimum Gasteiger partial charge on any atom is -0.337 e. The number of benzene rings is 1. The Kier molecular flexibility index (Phi) is 6.86. The van der Waals surface area contributed by atoms with E-state index in [1.54, 1.807) is 12.4 Å². The number of nitrogens with one attached hydrogen (secondary N) is 1. The van der Waals surface area contributed by atoms with Crippen LogP contribution in [0.4, 0.5) is 0 Å². The van der Waals surface area contributed by atoms with Crippen molar-refractivity contribution in [3.8, 4) is 17.5 Å². The van der Waals surface area contributed by atoms with Crippen LogP contribution in [0.3, 0.4) is 0 Å². The largest absolute Gasteiger partial charge is 0.337 e. The fourth-order valence-corrected chi connectivity index (χ4v) is 4.81. The lowest BCUT2D eigenvalue weighted by Crippen LogP contribution is -2.51. The van der Waals surface area contributed by atoms with E-state index < -0.39 is 10.8 Å². The summed E-state index contributed by atoms with van der Waals surface area (Å²) in [6.07, 6.45) is 7.95. The number of hydrogen-bond acceptors (Lipinski definition) is 6. The van der Waals surface area contributed by atoms with Crippen molar-refractivity contribution in [1.29, 1.82) is 5.26 Å². The van der Waals surface area contributed by atoms with Crippen molar-refractivity contribution in [3.63, 3.8) is 0 Å². The first-order chi connectivity index (χ1) is 15.6. The summed E-state index contributed by atoms with van der Waals surface area (Å²) in [7, 11) is 0. The average Bonchev–Trinajstić information content (AvgIpc) is 3.22. The minimum absolute atomic E-state index is 0.143. The highest BCUT2D eigenvalue weighted by Crippen LogP contribution is 2.30. The number of thioether (sulfide) groups is 1. The van der Waals surface area contributed by atoms with Gasteiger partial charge in [0, 0.05) is 18.0 Å². The smallest absolute Gasteiger partial charge is 0.234 e. The zero-order valence-corrected chi connectivity index (χ0v) is 18.9. The van der Waals surface area contributed by atoms with Gasteiger partial charge in [-0.05, 0) is 37.5 Å². The molecule has 7 nitrogen and oxygen atoms in total. The standard InChI is InChI=1S/C24H26N6OS/c1-18(22(31)27-24(17-25)12-6-3-7-13-24)32-23-29-28-21(20-11-8-14-26-15-20)30(23)16-19-9-4-2-5-10-19/h2,4-5,8-11,14-15,18H,3,6-7,12-13,16H2,1H3,(H,27,31). The molecule has 0 saturated heterocycles. The topological polar surface area (TPSA) is 96.5 Å². The van der Waals surface area contributed by atoms with Crippen LogP contribution in [0.5, 0.6) is 0 Å². The van der Waals surface area contributed by atoms with Gasteiger partial charge in [0.15, 0.2) is 11.0 Å². The van der Waals surface area contributed by atoms with Gasteiger partial charge in [-0.2, -0.15) is 5.26 Å². The first-order valence-corrected chi connectivity index (χ1v) is 11.8. The summed E-state index contributed by atoms with van der Waals surface area (Å²) in [5.74, 6) is 0.563. The average molecular weight is 447 g/mol. The normalized spacial score (nSPS) is 16.1. The van der Waals surface area contributed by atoms with E-state index in [0.29, 0.717) is 30.4 Å². The van der Waals surface area contributed by atoms with E-state index in [9.17, 15) is 10.1 Å². The third-order valence-electron chi connectivity index (χ3n) is 5.76. The summed E-state index contributed by atoms with van der Waals surface area (Å²) in [5, 5.41) is 21.8. The lowest BCUT2D eigenvalue weighted by Gasteiger charge is -2.32. The van der Waals surface area contributed by atoms with Crippen LogP contribution in [0.1, 0.15) is 44.6 Å². The van der Waals surface area contributed by atoms with Crippen LogP contribution in [0, 0.1) is 11.3 Å². The van der Waals surface area contributed by atoms with Crippen LogP contribution >= 0.6 is 11.8 Å². The molecule has 32 heavy (non-hydrogen) atoms. The summed E-state index contributed by atoms with van der Waals surface area (Å²) >= 11 is 1.36. The first-order valence-electron chi connectivity index (χ1n) is 10.9. The molecule has 1 amide bonds. The maximum Gasteiger partial charge on any atom is 0.234 e. The Balaban J connectivity index is 1.56. The number of nitrogens with zero attached hydrogens (tertiary/aromatic N) is 5. The number of carbonyl (C=O) groups excluding carboxylic acids is 1. The van der Waals surface area contributed by atoms with Crippen LogP contribution in [-0.4, -0.2) is 36.4 Å². The van der Waals surface area contributed by atoms with Gasteiger partial charge in [-0.1, -0.05) is 61.4 Å². The molecule has 1 unspecified atom stereocenters. The Morgan fingerprint density at radius 3 is 2.66 bits per heavy atom. The highest BCUT2D eigenvalue weighted by Gasteiger charge is 2.35. The van der Waals surface area contributed by atoms with Gasteiger partial charge in [0.05, 0.1) is 17.9 Å². The third-order valence-corrected chi connectivity index (χ3v) is 6.84. The van der Waals surface area contributed by atoms with E-state index in [-0.39, 0.29) is 5.91 Å². The third kappa shape index (κ3) is 5.00. The minimum atomic E-state index is -0.747. The molecule has 1 N–H and O–H groups in total. The number of rotatable bonds is 7. The van der Waals surface area contributed by atoms with E-state index in [1.807, 2.05) is 41.8 Å². The maximum absolute atomic E-state index is 13.0. The van der Waals surface area contributed by atoms with Crippen molar-refractivity contribution < 1.29 is 4.79 Å². The molecule has 1 aliphatic rings. The molecule has 0 bridgehead atoms. The van der Waals surface area contributed by atoms with Gasteiger partial charge in [-0.25, -0.2) is 0 Å². The Morgan fingerprint density at radius 2 is 1.97 bits per heavy atom. The molecule has 1 aliphatic carbocycles. The predicted molar refractivity (Wildman–Crippen MR) is 124 cm³/mol. The van der Waals surface area contributed by atoms with Gasteiger partial charge < -0.3 is 5.32 Å². The number of carbonyl (C=O) groups is 1. The van der Waals surface area contributed by atoms with Gasteiger partial charge >= 0.3 is 0 Å². The maximum atomic E-state index is 13.0. The number of nitriles is 1. The molecule has 1 atom stereocenters. The number of pyridine rings is 1. The van der Waals surface area contributed by atoms with E-state index in [1.165, 1.54) is 11.8 Å². The second-order valence-corrected chi connectivity index (χ2v) is 9.43. The molecular formula is C24H26N6OS. The number of aromatic nitrogens is 4. The molecule has 8 heteroatoms. The lowest BCUT2D eigenvalue weighted by molar-refractivity contribution is -0.121. The molecule has 2 heterocycles. The van der Waals surface area contributed by atoms with Crippen molar-refractivity contribution in [1.82, 2.24) is 25.1 Å². The van der Waals surface area contributed by atoms with E-state index in [4.69, 9.17) is 0 Å². The molecule has 1 fully saturated rings. The summed E-state index contributed by atoms with van der Waals surface area (Å²) in [6, 6.07) is 16.3. The van der Waals surface area contributed by atoms with Crippen LogP contribution in [0.2, 0.25) is 0 Å². The van der Waals surface area contributed by atoms with Crippen LogP contribution in [0.25, 0.3) is 11.4 Å². The molecule has 0 radical (unpaired) electrons. The zero-order chi connectivity index (χ0) is 22.4. The Bertz CT molecular complexity index is 1090. The highest BCUT2D eigenvalue weighted by atomic mass is 32.2. The Morgan fingerprint density at radius 1 is 1.19 bits per heavy atom. The molecule has 164 valence electrons. The fourth-order valence-electron chi connectivity index (χ4n) is 3.96. The van der Waals surface area contributed by atoms with Crippen LogP contribution < -0.4 is 5.32 Å². The van der Waals surface area contributed by atoms with Crippen molar-refractivity contribution in [3.05, 3.63) is 60.4 Å². The monoisotopic (exact) mass is 446 g/mol. The van der Waals surface area contributed by atoms with Crippen molar-refractivity contribution in [2.45, 2.75) is 61.5 Å². The molecule has 2 aromatic heterocycles. The molecule has 3 aromatic rings. The molecular weight excluding hydrogens is 420 g/mol. The molecule has 1 saturated carbocycles. The second kappa shape index (κ2) is 9.96. The van der Waals surface area contributed by atoms with E-state index in [2.05, 4.69) is 38.7 Å². The van der Waals surface area contributed by atoms with Gasteiger partial charge in [-0.3, -0.25) is 14.3 Å². The van der Waals surface area contributed by atoms with Gasteiger partial charge in [0.25, 0.3) is 0 Å². The Hall–Kier alpha value is -3.18. The summed E-state index contributed by atoms with van der Waals surface area (Å²) in [4.78, 5) is 17.2. The molecule has 1 aromatic carbocycles. The Labute approximate surface area is 192 Å². The summed E-state index contributed by atoms with van der Waals surface area (Å²) in [6.45, 7) is 2.43. The SMILES string of the molecule is CC(Sc1nnc(-c2cccnc2)n1Cc1ccccc1)C(=O)NC1(C#N)CCCCC1. The molecule has 4 rings (SSSR count). The van der Waals surface area contributed by atoms with Crippen LogP contribution in [0.15, 0.2) is 60.0 Å². The second-order valence-electron chi connectivity index (χ2n) is 8.12. The quantitative estimate of drug-likeness (QED) is 0.546. The lowest BCUT2D eigenvalue weighted by atomic mass is 9.83. The van der Waals surface area contributed by atoms with Crippen LogP contribution in [-0.2, 0) is 11.3 Å². The predicted octanol–water partition coefficient (Wildman–Crippen LogP) is 4.21. The first kappa shape index (κ1) is 22.0. The van der Waals surface area contributed by atoms with E-state index in [0.717, 1.165) is 30.4 Å². The molecule has 0 aliphatic heterocycles. The van der Waals surface area contributed by atoms with Gasteiger partial charge in [0.2, 0.25) is 5.91 Å². The van der Waals surface area contributed by atoms with Gasteiger partial charge in [-0.15, -0.1) is 10.2 Å². The summed E-state index contributed by atoms with van der Waals surface area (Å²) in [5.41, 5.74) is 1.23.